The molecule has 174 valence electrons. The Morgan fingerprint density at radius 2 is 0.722 bits per heavy atom. The third kappa shape index (κ3) is 3.85. The van der Waals surface area contributed by atoms with Gasteiger partial charge in [-0.3, -0.25) is 0 Å². The molecule has 0 aliphatic heterocycles. The number of nitrogens with zero attached hydrogens (tertiary/aromatic N) is 2. The first-order valence-corrected chi connectivity index (χ1v) is 12.0. The molecule has 0 heterocycles. The van der Waals surface area contributed by atoms with Gasteiger partial charge in [0.15, 0.2) is 0 Å². The van der Waals surface area contributed by atoms with E-state index in [0.717, 1.165) is 44.9 Å². The molecule has 6 rings (SSSR count). The summed E-state index contributed by atoms with van der Waals surface area (Å²) in [6.07, 6.45) is 0. The predicted molar refractivity (Wildman–Crippen MR) is 154 cm³/mol. The Morgan fingerprint density at radius 1 is 0.361 bits per heavy atom. The first kappa shape index (κ1) is 21.6. The Kier molecular flexibility index (Phi) is 5.39. The number of nitrogens with two attached hydrogens (primary N) is 2. The van der Waals surface area contributed by atoms with E-state index in [-0.39, 0.29) is 0 Å². The number of anilines is 6. The normalized spacial score (nSPS) is 11.0. The van der Waals surface area contributed by atoms with Gasteiger partial charge in [-0.05, 0) is 71.4 Å². The van der Waals surface area contributed by atoms with Crippen LogP contribution in [0.4, 0.5) is 34.1 Å². The van der Waals surface area contributed by atoms with E-state index in [9.17, 15) is 0 Å². The van der Waals surface area contributed by atoms with Crippen LogP contribution in [-0.2, 0) is 0 Å². The number of hydrogen-bond acceptors (Lipinski definition) is 4. The molecule has 0 aliphatic carbocycles. The van der Waals surface area contributed by atoms with Crippen LogP contribution in [-0.4, -0.2) is 0 Å². The lowest BCUT2D eigenvalue weighted by atomic mass is 10.1. The Balaban J connectivity index is 1.70. The molecule has 0 spiro atoms. The molecular formula is C32H26N4. The third-order valence-electron chi connectivity index (χ3n) is 6.46. The summed E-state index contributed by atoms with van der Waals surface area (Å²) in [4.78, 5) is 0. The molecule has 0 atom stereocenters. The second-order valence-electron chi connectivity index (χ2n) is 8.80. The quantitative estimate of drug-likeness (QED) is 0.199. The third-order valence-corrected chi connectivity index (χ3v) is 6.46. The van der Waals surface area contributed by atoms with Crippen LogP contribution in [0.3, 0.4) is 0 Å². The van der Waals surface area contributed by atoms with Crippen LogP contribution in [0, 0.1) is 0 Å². The molecule has 6 aromatic rings. The number of hydrazine groups is 1. The zero-order chi connectivity index (χ0) is 24.5. The van der Waals surface area contributed by atoms with Crippen LogP contribution >= 0.6 is 0 Å². The van der Waals surface area contributed by atoms with Crippen molar-refractivity contribution in [2.24, 2.45) is 0 Å². The maximum atomic E-state index is 6.10. The van der Waals surface area contributed by atoms with Gasteiger partial charge in [0.1, 0.15) is 0 Å². The number of benzene rings is 6. The molecule has 4 heteroatoms. The van der Waals surface area contributed by atoms with Crippen molar-refractivity contribution in [3.63, 3.8) is 0 Å². The van der Waals surface area contributed by atoms with Crippen molar-refractivity contribution in [1.82, 2.24) is 0 Å². The SMILES string of the molecule is Nc1ccc(N(c2cccc3ccccc23)N(c2ccc(N)cc2)c2cccc3ccccc23)cc1. The van der Waals surface area contributed by atoms with Crippen molar-refractivity contribution in [3.8, 4) is 0 Å². The molecule has 6 aromatic carbocycles. The summed E-state index contributed by atoms with van der Waals surface area (Å²) in [6.45, 7) is 0. The molecule has 0 saturated carbocycles. The molecule has 0 radical (unpaired) electrons. The number of hydrogen-bond donors (Lipinski definition) is 2. The number of fused-ring (bicyclic) bond motifs is 2. The summed E-state index contributed by atoms with van der Waals surface area (Å²) < 4.78 is 0. The molecule has 0 saturated heterocycles. The standard InChI is InChI=1S/C32H26N4/c33-25-15-19-27(20-16-25)35(31-13-5-9-23-7-1-3-11-29(23)31)36(28-21-17-26(34)18-22-28)32-14-6-10-24-8-2-4-12-30(24)32/h1-22H,33-34H2. The van der Waals surface area contributed by atoms with E-state index in [4.69, 9.17) is 11.5 Å². The lowest BCUT2D eigenvalue weighted by molar-refractivity contribution is 1.00. The van der Waals surface area contributed by atoms with Gasteiger partial charge in [-0.1, -0.05) is 72.8 Å². The molecule has 0 aromatic heterocycles. The maximum Gasteiger partial charge on any atom is 0.0715 e. The monoisotopic (exact) mass is 466 g/mol. The summed E-state index contributed by atoms with van der Waals surface area (Å²) in [5.41, 5.74) is 17.7. The molecule has 0 aliphatic rings. The van der Waals surface area contributed by atoms with Crippen molar-refractivity contribution < 1.29 is 0 Å². The average Bonchev–Trinajstić information content (AvgIpc) is 2.93. The van der Waals surface area contributed by atoms with Crippen molar-refractivity contribution in [3.05, 3.63) is 133 Å². The summed E-state index contributed by atoms with van der Waals surface area (Å²) in [5, 5.41) is 9.16. The van der Waals surface area contributed by atoms with Gasteiger partial charge in [-0.15, -0.1) is 0 Å². The number of nitrogen functional groups attached to an aromatic ring is 2. The highest BCUT2D eigenvalue weighted by Crippen LogP contribution is 2.42. The van der Waals surface area contributed by atoms with E-state index < -0.39 is 0 Å². The second kappa shape index (κ2) is 9.01. The van der Waals surface area contributed by atoms with Crippen molar-refractivity contribution in [2.45, 2.75) is 0 Å². The van der Waals surface area contributed by atoms with E-state index in [2.05, 4.69) is 119 Å². The molecule has 0 amide bonds. The summed E-state index contributed by atoms with van der Waals surface area (Å²) >= 11 is 0. The van der Waals surface area contributed by atoms with Crippen LogP contribution in [0.5, 0.6) is 0 Å². The highest BCUT2D eigenvalue weighted by molar-refractivity contribution is 6.01. The molecular weight excluding hydrogens is 440 g/mol. The fraction of sp³-hybridized carbons (Fsp3) is 0. The van der Waals surface area contributed by atoms with Crippen molar-refractivity contribution in [2.75, 3.05) is 21.5 Å². The smallest absolute Gasteiger partial charge is 0.0715 e. The highest BCUT2D eigenvalue weighted by atomic mass is 15.6. The van der Waals surface area contributed by atoms with Crippen molar-refractivity contribution >= 4 is 55.7 Å². The highest BCUT2D eigenvalue weighted by Gasteiger charge is 2.24. The zero-order valence-corrected chi connectivity index (χ0v) is 19.8. The van der Waals surface area contributed by atoms with E-state index in [0.29, 0.717) is 0 Å². The first-order chi connectivity index (χ1) is 17.7. The van der Waals surface area contributed by atoms with Crippen LogP contribution in [0.1, 0.15) is 0 Å². The fourth-order valence-electron chi connectivity index (χ4n) is 4.74. The van der Waals surface area contributed by atoms with E-state index in [1.807, 2.05) is 24.3 Å². The van der Waals surface area contributed by atoms with Gasteiger partial charge >= 0.3 is 0 Å². The second-order valence-corrected chi connectivity index (χ2v) is 8.80. The minimum Gasteiger partial charge on any atom is -0.399 e. The summed E-state index contributed by atoms with van der Waals surface area (Å²) in [6, 6.07) is 45.8. The van der Waals surface area contributed by atoms with Gasteiger partial charge in [0.05, 0.1) is 22.7 Å². The van der Waals surface area contributed by atoms with Gasteiger partial charge in [0.2, 0.25) is 0 Å². The Bertz CT molecular complexity index is 1520. The van der Waals surface area contributed by atoms with Gasteiger partial charge in [0, 0.05) is 22.1 Å². The van der Waals surface area contributed by atoms with Crippen molar-refractivity contribution in [1.29, 1.82) is 0 Å². The van der Waals surface area contributed by atoms with Gasteiger partial charge in [-0.2, -0.15) is 0 Å². The van der Waals surface area contributed by atoms with E-state index in [1.165, 1.54) is 10.8 Å². The van der Waals surface area contributed by atoms with E-state index in [1.54, 1.807) is 0 Å². The van der Waals surface area contributed by atoms with Crippen LogP contribution < -0.4 is 21.5 Å². The minimum atomic E-state index is 0.723. The predicted octanol–water partition coefficient (Wildman–Crippen LogP) is 8.05. The summed E-state index contributed by atoms with van der Waals surface area (Å²) in [5.74, 6) is 0. The lowest BCUT2D eigenvalue weighted by Crippen LogP contribution is -2.36. The topological polar surface area (TPSA) is 58.5 Å². The Hall–Kier alpha value is -4.96. The molecule has 4 N–H and O–H groups in total. The first-order valence-electron chi connectivity index (χ1n) is 12.0. The number of rotatable bonds is 5. The summed E-state index contributed by atoms with van der Waals surface area (Å²) in [7, 11) is 0. The molecule has 36 heavy (non-hydrogen) atoms. The lowest BCUT2D eigenvalue weighted by Gasteiger charge is -2.39. The largest absolute Gasteiger partial charge is 0.399 e. The minimum absolute atomic E-state index is 0.723. The van der Waals surface area contributed by atoms with Crippen LogP contribution in [0.25, 0.3) is 21.5 Å². The average molecular weight is 467 g/mol. The Labute approximate surface area is 210 Å². The van der Waals surface area contributed by atoms with E-state index >= 15 is 0 Å². The Morgan fingerprint density at radius 3 is 1.14 bits per heavy atom. The van der Waals surface area contributed by atoms with Crippen LogP contribution in [0.2, 0.25) is 0 Å². The molecule has 0 unspecified atom stereocenters. The van der Waals surface area contributed by atoms with Gasteiger partial charge in [0.25, 0.3) is 0 Å². The zero-order valence-electron chi connectivity index (χ0n) is 19.8. The van der Waals surface area contributed by atoms with Crippen LogP contribution in [0.15, 0.2) is 133 Å². The van der Waals surface area contributed by atoms with Gasteiger partial charge < -0.3 is 11.5 Å². The molecule has 4 nitrogen and oxygen atoms in total. The van der Waals surface area contributed by atoms with Gasteiger partial charge in [-0.25, -0.2) is 10.0 Å². The molecule has 0 bridgehead atoms. The maximum absolute atomic E-state index is 6.10. The molecule has 0 fully saturated rings. The fourth-order valence-corrected chi connectivity index (χ4v) is 4.74.